The molecular formula is C11H11NO6. The largest absolute Gasteiger partial charge is 0.465 e. The summed E-state index contributed by atoms with van der Waals surface area (Å²) >= 11 is 0. The third-order valence-corrected chi connectivity index (χ3v) is 2.09. The lowest BCUT2D eigenvalue weighted by atomic mass is 10.1. The molecule has 1 heterocycles. The van der Waals surface area contributed by atoms with Crippen LogP contribution in [0.2, 0.25) is 0 Å². The minimum Gasteiger partial charge on any atom is -0.465 e. The number of carbonyl (C=O) groups excluding carboxylic acids is 3. The van der Waals surface area contributed by atoms with E-state index in [2.05, 4.69) is 19.2 Å². The van der Waals surface area contributed by atoms with Crippen molar-refractivity contribution in [3.05, 3.63) is 29.1 Å². The van der Waals surface area contributed by atoms with E-state index >= 15 is 0 Å². The smallest absolute Gasteiger partial charge is 0.357 e. The molecule has 0 fully saturated rings. The second-order valence-corrected chi connectivity index (χ2v) is 3.09. The SMILES string of the molecule is COC(=O)c1cnc(C(=O)OC)c(C(=O)OC)c1. The topological polar surface area (TPSA) is 91.8 Å². The maximum atomic E-state index is 11.5. The van der Waals surface area contributed by atoms with Crippen LogP contribution in [0.1, 0.15) is 31.2 Å². The molecule has 0 saturated heterocycles. The predicted molar refractivity (Wildman–Crippen MR) is 58.3 cm³/mol. The van der Waals surface area contributed by atoms with Crippen molar-refractivity contribution in [2.75, 3.05) is 21.3 Å². The Morgan fingerprint density at radius 1 is 0.944 bits per heavy atom. The van der Waals surface area contributed by atoms with Crippen molar-refractivity contribution in [1.29, 1.82) is 0 Å². The molecule has 0 amide bonds. The summed E-state index contributed by atoms with van der Waals surface area (Å²) in [5, 5.41) is 0. The Labute approximate surface area is 103 Å². The summed E-state index contributed by atoms with van der Waals surface area (Å²) in [6.45, 7) is 0. The fourth-order valence-corrected chi connectivity index (χ4v) is 1.22. The summed E-state index contributed by atoms with van der Waals surface area (Å²) in [4.78, 5) is 37.9. The van der Waals surface area contributed by atoms with Crippen molar-refractivity contribution in [3.8, 4) is 0 Å². The average Bonchev–Trinajstić information content (AvgIpc) is 2.43. The van der Waals surface area contributed by atoms with E-state index in [1.165, 1.54) is 7.11 Å². The molecule has 7 nitrogen and oxygen atoms in total. The van der Waals surface area contributed by atoms with E-state index in [9.17, 15) is 14.4 Å². The Balaban J connectivity index is 3.33. The van der Waals surface area contributed by atoms with Crippen molar-refractivity contribution in [1.82, 2.24) is 4.98 Å². The van der Waals surface area contributed by atoms with Gasteiger partial charge in [0.05, 0.1) is 32.5 Å². The highest BCUT2D eigenvalue weighted by atomic mass is 16.5. The van der Waals surface area contributed by atoms with Gasteiger partial charge in [0.15, 0.2) is 5.69 Å². The molecule has 0 N–H and O–H groups in total. The molecule has 0 saturated carbocycles. The van der Waals surface area contributed by atoms with Crippen LogP contribution in [-0.4, -0.2) is 44.2 Å². The van der Waals surface area contributed by atoms with Crippen LogP contribution in [-0.2, 0) is 14.2 Å². The molecule has 0 aliphatic heterocycles. The van der Waals surface area contributed by atoms with Crippen LogP contribution in [0.25, 0.3) is 0 Å². The maximum absolute atomic E-state index is 11.5. The number of ether oxygens (including phenoxy) is 3. The van der Waals surface area contributed by atoms with E-state index in [0.29, 0.717) is 0 Å². The van der Waals surface area contributed by atoms with Gasteiger partial charge in [0, 0.05) is 6.20 Å². The van der Waals surface area contributed by atoms with Gasteiger partial charge in [0.25, 0.3) is 0 Å². The molecule has 0 spiro atoms. The first-order chi connectivity index (χ1) is 8.54. The summed E-state index contributed by atoms with van der Waals surface area (Å²) in [5.41, 5.74) is -0.352. The quantitative estimate of drug-likeness (QED) is 0.570. The molecule has 0 bridgehead atoms. The van der Waals surface area contributed by atoms with Gasteiger partial charge in [-0.15, -0.1) is 0 Å². The predicted octanol–water partition coefficient (Wildman–Crippen LogP) is 0.441. The minimum atomic E-state index is -0.799. The number of hydrogen-bond acceptors (Lipinski definition) is 7. The van der Waals surface area contributed by atoms with Gasteiger partial charge in [-0.05, 0) is 6.07 Å². The van der Waals surface area contributed by atoms with Crippen LogP contribution in [0, 0.1) is 0 Å². The molecule has 96 valence electrons. The first-order valence-corrected chi connectivity index (χ1v) is 4.80. The Morgan fingerprint density at radius 3 is 2.00 bits per heavy atom. The number of nitrogens with zero attached hydrogens (tertiary/aromatic N) is 1. The number of aromatic nitrogens is 1. The first kappa shape index (κ1) is 13.6. The molecule has 7 heteroatoms. The molecule has 0 aliphatic carbocycles. The average molecular weight is 253 g/mol. The lowest BCUT2D eigenvalue weighted by molar-refractivity contribution is 0.0546. The van der Waals surface area contributed by atoms with Crippen molar-refractivity contribution >= 4 is 17.9 Å². The standard InChI is InChI=1S/C11H11NO6/c1-16-9(13)6-4-7(10(14)17-2)8(12-5-6)11(15)18-3/h4-5H,1-3H3. The van der Waals surface area contributed by atoms with Crippen molar-refractivity contribution < 1.29 is 28.6 Å². The zero-order valence-electron chi connectivity index (χ0n) is 10.1. The number of esters is 3. The number of carbonyl (C=O) groups is 3. The lowest BCUT2D eigenvalue weighted by Crippen LogP contribution is -2.16. The number of rotatable bonds is 3. The highest BCUT2D eigenvalue weighted by Crippen LogP contribution is 2.12. The summed E-state index contributed by atoms with van der Waals surface area (Å²) in [6.07, 6.45) is 1.12. The van der Waals surface area contributed by atoms with Crippen molar-refractivity contribution in [3.63, 3.8) is 0 Å². The van der Waals surface area contributed by atoms with E-state index < -0.39 is 17.9 Å². The Hall–Kier alpha value is -2.44. The molecule has 1 rings (SSSR count). The summed E-state index contributed by atoms with van der Waals surface area (Å²) < 4.78 is 13.5. The fourth-order valence-electron chi connectivity index (χ4n) is 1.22. The van der Waals surface area contributed by atoms with Gasteiger partial charge in [-0.25, -0.2) is 19.4 Å². The Morgan fingerprint density at radius 2 is 1.50 bits per heavy atom. The highest BCUT2D eigenvalue weighted by molar-refractivity contribution is 6.03. The van der Waals surface area contributed by atoms with Crippen LogP contribution >= 0.6 is 0 Å². The highest BCUT2D eigenvalue weighted by Gasteiger charge is 2.22. The van der Waals surface area contributed by atoms with E-state index in [1.54, 1.807) is 0 Å². The zero-order chi connectivity index (χ0) is 13.7. The van der Waals surface area contributed by atoms with E-state index in [4.69, 9.17) is 0 Å². The van der Waals surface area contributed by atoms with Crippen LogP contribution in [0.5, 0.6) is 0 Å². The molecule has 18 heavy (non-hydrogen) atoms. The van der Waals surface area contributed by atoms with Crippen LogP contribution in [0.15, 0.2) is 12.3 Å². The fraction of sp³-hybridized carbons (Fsp3) is 0.273. The summed E-state index contributed by atoms with van der Waals surface area (Å²) in [7, 11) is 3.49. The molecular weight excluding hydrogens is 242 g/mol. The molecule has 0 radical (unpaired) electrons. The lowest BCUT2D eigenvalue weighted by Gasteiger charge is -2.06. The second kappa shape index (κ2) is 5.76. The van der Waals surface area contributed by atoms with Crippen LogP contribution in [0.3, 0.4) is 0 Å². The molecule has 0 aliphatic rings. The normalized spacial score (nSPS) is 9.50. The minimum absolute atomic E-state index is 0.0329. The van der Waals surface area contributed by atoms with Crippen molar-refractivity contribution in [2.45, 2.75) is 0 Å². The van der Waals surface area contributed by atoms with Gasteiger partial charge in [0.1, 0.15) is 0 Å². The van der Waals surface area contributed by atoms with E-state index in [1.807, 2.05) is 0 Å². The third-order valence-electron chi connectivity index (χ3n) is 2.09. The number of hydrogen-bond donors (Lipinski definition) is 0. The monoisotopic (exact) mass is 253 g/mol. The summed E-state index contributed by atoms with van der Waals surface area (Å²) in [5.74, 6) is -2.27. The van der Waals surface area contributed by atoms with Crippen LogP contribution in [0.4, 0.5) is 0 Å². The molecule has 0 aromatic carbocycles. The number of methoxy groups -OCH3 is 3. The van der Waals surface area contributed by atoms with E-state index in [-0.39, 0.29) is 16.8 Å². The molecule has 1 aromatic rings. The Bertz CT molecular complexity index is 496. The van der Waals surface area contributed by atoms with Crippen molar-refractivity contribution in [2.24, 2.45) is 0 Å². The van der Waals surface area contributed by atoms with Gasteiger partial charge in [-0.2, -0.15) is 0 Å². The zero-order valence-corrected chi connectivity index (χ0v) is 10.1. The second-order valence-electron chi connectivity index (χ2n) is 3.09. The van der Waals surface area contributed by atoms with Gasteiger partial charge in [0.2, 0.25) is 0 Å². The third kappa shape index (κ3) is 2.62. The van der Waals surface area contributed by atoms with Gasteiger partial charge >= 0.3 is 17.9 Å². The number of pyridine rings is 1. The molecule has 0 atom stereocenters. The summed E-state index contributed by atoms with van der Waals surface area (Å²) in [6, 6.07) is 1.16. The van der Waals surface area contributed by atoms with Gasteiger partial charge in [-0.1, -0.05) is 0 Å². The van der Waals surface area contributed by atoms with E-state index in [0.717, 1.165) is 26.5 Å². The van der Waals surface area contributed by atoms with Gasteiger partial charge in [-0.3, -0.25) is 0 Å². The Kier molecular flexibility index (Phi) is 4.36. The maximum Gasteiger partial charge on any atom is 0.357 e. The molecule has 1 aromatic heterocycles. The van der Waals surface area contributed by atoms with Gasteiger partial charge < -0.3 is 14.2 Å². The van der Waals surface area contributed by atoms with Crippen LogP contribution < -0.4 is 0 Å². The first-order valence-electron chi connectivity index (χ1n) is 4.80. The molecule has 0 unspecified atom stereocenters.